The van der Waals surface area contributed by atoms with Crippen molar-refractivity contribution in [3.05, 3.63) is 70.2 Å². The number of fused-ring (bicyclic) bond motifs is 1. The van der Waals surface area contributed by atoms with E-state index >= 15 is 0 Å². The molecule has 0 fully saturated rings. The second-order valence-corrected chi connectivity index (χ2v) is 8.99. The molecule has 4 nitrogen and oxygen atoms in total. The van der Waals surface area contributed by atoms with Crippen molar-refractivity contribution >= 4 is 39.7 Å². The molecule has 0 unspecified atom stereocenters. The molecule has 0 aliphatic rings. The monoisotopic (exact) mass is 434 g/mol. The van der Waals surface area contributed by atoms with Crippen LogP contribution in [0.4, 0.5) is 5.82 Å². The molecular weight excluding hydrogens is 408 g/mol. The molecule has 2 heterocycles. The van der Waals surface area contributed by atoms with Gasteiger partial charge in [-0.15, -0.1) is 0 Å². The summed E-state index contributed by atoms with van der Waals surface area (Å²) in [6.45, 7) is 3.85. The van der Waals surface area contributed by atoms with Gasteiger partial charge >= 0.3 is 0 Å². The Labute approximate surface area is 186 Å². The minimum atomic E-state index is 0.709. The van der Waals surface area contributed by atoms with Gasteiger partial charge in [0.15, 0.2) is 15.4 Å². The van der Waals surface area contributed by atoms with Crippen LogP contribution in [0.3, 0.4) is 0 Å². The van der Waals surface area contributed by atoms with Crippen LogP contribution in [0.2, 0.25) is 0 Å². The molecule has 4 rings (SSSR count). The molecule has 1 N–H and O–H groups in total. The van der Waals surface area contributed by atoms with E-state index in [0.717, 1.165) is 44.5 Å². The number of unbranched alkanes of at least 4 members (excludes halogenated alkanes) is 3. The van der Waals surface area contributed by atoms with Crippen LogP contribution in [0, 0.1) is 3.95 Å². The first-order valence-electron chi connectivity index (χ1n) is 10.5. The third kappa shape index (κ3) is 4.77. The first-order valence-corrected chi connectivity index (χ1v) is 11.7. The summed E-state index contributed by atoms with van der Waals surface area (Å²) < 4.78 is 3.98. The Morgan fingerprint density at radius 1 is 0.933 bits per heavy atom. The predicted molar refractivity (Wildman–Crippen MR) is 130 cm³/mol. The molecule has 0 aliphatic carbocycles. The van der Waals surface area contributed by atoms with Crippen molar-refractivity contribution < 1.29 is 0 Å². The van der Waals surface area contributed by atoms with Crippen LogP contribution in [0.1, 0.15) is 38.2 Å². The van der Waals surface area contributed by atoms with Gasteiger partial charge in [-0.3, -0.25) is 0 Å². The van der Waals surface area contributed by atoms with Gasteiger partial charge in [-0.2, -0.15) is 0 Å². The lowest BCUT2D eigenvalue weighted by Crippen LogP contribution is -2.07. The number of nitrogens with zero attached hydrogens (tertiary/aromatic N) is 3. The lowest BCUT2D eigenvalue weighted by molar-refractivity contribution is 0.684. The summed E-state index contributed by atoms with van der Waals surface area (Å²) in [7, 11) is 0. The summed E-state index contributed by atoms with van der Waals surface area (Å²) in [5.74, 6) is 1.62. The lowest BCUT2D eigenvalue weighted by atomic mass is 10.2. The molecule has 2 aromatic carbocycles. The molecule has 0 radical (unpaired) electrons. The van der Waals surface area contributed by atoms with Crippen molar-refractivity contribution in [1.82, 2.24) is 14.5 Å². The quantitative estimate of drug-likeness (QED) is 0.229. The molecule has 0 bridgehead atoms. The van der Waals surface area contributed by atoms with Crippen LogP contribution in [-0.4, -0.2) is 21.1 Å². The topological polar surface area (TPSA) is 42.7 Å². The van der Waals surface area contributed by atoms with Gasteiger partial charge in [0.1, 0.15) is 10.5 Å². The zero-order valence-electron chi connectivity index (χ0n) is 17.2. The predicted octanol–water partition coefficient (Wildman–Crippen LogP) is 6.93. The molecule has 2 aromatic heterocycles. The fourth-order valence-electron chi connectivity index (χ4n) is 3.44. The zero-order chi connectivity index (χ0) is 20.8. The van der Waals surface area contributed by atoms with E-state index in [-0.39, 0.29) is 0 Å². The first kappa shape index (κ1) is 20.7. The number of thiazole rings is 1. The van der Waals surface area contributed by atoms with Crippen LogP contribution >= 0.6 is 23.6 Å². The van der Waals surface area contributed by atoms with E-state index in [1.54, 1.807) is 11.3 Å². The average molecular weight is 435 g/mol. The number of nitrogens with one attached hydrogen (secondary N) is 1. The standard InChI is InChI=1S/C24H26N4S2/c1-2-3-4-11-16-25-22-20-23(27-21(26-22)19-14-9-6-10-15-19)28(24(29)30-20)17-18-12-7-5-8-13-18/h5-10,12-15H,2-4,11,16-17H2,1H3,(H,25,26,27). The molecule has 30 heavy (non-hydrogen) atoms. The van der Waals surface area contributed by atoms with Gasteiger partial charge in [-0.1, -0.05) is 98.2 Å². The Morgan fingerprint density at radius 3 is 2.40 bits per heavy atom. The Hall–Kier alpha value is -2.57. The fraction of sp³-hybridized carbons (Fsp3) is 0.292. The first-order chi connectivity index (χ1) is 14.8. The maximum Gasteiger partial charge on any atom is 0.163 e. The average Bonchev–Trinajstić information content (AvgIpc) is 3.10. The highest BCUT2D eigenvalue weighted by Gasteiger charge is 2.15. The largest absolute Gasteiger partial charge is 0.369 e. The zero-order valence-corrected chi connectivity index (χ0v) is 18.8. The minimum Gasteiger partial charge on any atom is -0.369 e. The van der Waals surface area contributed by atoms with Crippen LogP contribution in [0.5, 0.6) is 0 Å². The summed E-state index contributed by atoms with van der Waals surface area (Å²) >= 11 is 7.31. The van der Waals surface area contributed by atoms with E-state index in [2.05, 4.69) is 53.2 Å². The van der Waals surface area contributed by atoms with E-state index in [1.165, 1.54) is 24.8 Å². The molecular formula is C24H26N4S2. The van der Waals surface area contributed by atoms with Crippen LogP contribution in [0.15, 0.2) is 60.7 Å². The molecule has 6 heteroatoms. The van der Waals surface area contributed by atoms with Gasteiger partial charge in [0.05, 0.1) is 6.54 Å². The molecule has 0 saturated heterocycles. The smallest absolute Gasteiger partial charge is 0.163 e. The number of aromatic nitrogens is 3. The molecule has 0 aliphatic heterocycles. The van der Waals surface area contributed by atoms with E-state index < -0.39 is 0 Å². The summed E-state index contributed by atoms with van der Waals surface area (Å²) in [6, 6.07) is 20.5. The van der Waals surface area contributed by atoms with Crippen molar-refractivity contribution in [3.8, 4) is 11.4 Å². The Balaban J connectivity index is 1.75. The van der Waals surface area contributed by atoms with Crippen molar-refractivity contribution in [2.24, 2.45) is 0 Å². The van der Waals surface area contributed by atoms with Gasteiger partial charge < -0.3 is 9.88 Å². The maximum absolute atomic E-state index is 5.73. The SMILES string of the molecule is CCCCCCNc1nc(-c2ccccc2)nc2c1sc(=S)n2Cc1ccccc1. The number of hydrogen-bond donors (Lipinski definition) is 1. The molecule has 0 saturated carbocycles. The Bertz CT molecular complexity index is 1150. The third-order valence-corrected chi connectivity index (χ3v) is 6.50. The number of benzene rings is 2. The maximum atomic E-state index is 5.73. The van der Waals surface area contributed by atoms with Gasteiger partial charge in [-0.25, -0.2) is 9.97 Å². The second kappa shape index (κ2) is 9.96. The van der Waals surface area contributed by atoms with Crippen LogP contribution in [0.25, 0.3) is 21.7 Å². The van der Waals surface area contributed by atoms with E-state index in [9.17, 15) is 0 Å². The normalized spacial score (nSPS) is 11.1. The second-order valence-electron chi connectivity index (χ2n) is 7.34. The number of hydrogen-bond acceptors (Lipinski definition) is 5. The Morgan fingerprint density at radius 2 is 1.67 bits per heavy atom. The van der Waals surface area contributed by atoms with Crippen LogP contribution < -0.4 is 5.32 Å². The Kier molecular flexibility index (Phi) is 6.87. The fourth-order valence-corrected chi connectivity index (χ4v) is 4.74. The van der Waals surface area contributed by atoms with E-state index in [1.807, 2.05) is 24.3 Å². The van der Waals surface area contributed by atoms with E-state index in [4.69, 9.17) is 22.2 Å². The molecule has 0 atom stereocenters. The molecule has 4 aromatic rings. The molecule has 154 valence electrons. The summed E-state index contributed by atoms with van der Waals surface area (Å²) in [5, 5.41) is 3.56. The van der Waals surface area contributed by atoms with Gasteiger partial charge in [0.2, 0.25) is 0 Å². The lowest BCUT2D eigenvalue weighted by Gasteiger charge is -2.10. The van der Waals surface area contributed by atoms with Crippen molar-refractivity contribution in [2.75, 3.05) is 11.9 Å². The van der Waals surface area contributed by atoms with Gasteiger partial charge in [0.25, 0.3) is 0 Å². The van der Waals surface area contributed by atoms with Crippen LogP contribution in [-0.2, 0) is 6.54 Å². The number of rotatable bonds is 9. The van der Waals surface area contributed by atoms with Gasteiger partial charge in [0, 0.05) is 12.1 Å². The van der Waals surface area contributed by atoms with Crippen molar-refractivity contribution in [2.45, 2.75) is 39.2 Å². The summed E-state index contributed by atoms with van der Waals surface area (Å²) in [5.41, 5.74) is 3.12. The number of anilines is 1. The highest BCUT2D eigenvalue weighted by Crippen LogP contribution is 2.31. The molecule has 0 amide bonds. The van der Waals surface area contributed by atoms with Crippen molar-refractivity contribution in [3.63, 3.8) is 0 Å². The highest BCUT2D eigenvalue weighted by molar-refractivity contribution is 7.73. The van der Waals surface area contributed by atoms with Crippen molar-refractivity contribution in [1.29, 1.82) is 0 Å². The summed E-state index contributed by atoms with van der Waals surface area (Å²) in [4.78, 5) is 9.82. The summed E-state index contributed by atoms with van der Waals surface area (Å²) in [6.07, 6.45) is 4.87. The van der Waals surface area contributed by atoms with E-state index in [0.29, 0.717) is 6.54 Å². The molecule has 0 spiro atoms. The highest BCUT2D eigenvalue weighted by atomic mass is 32.1. The van der Waals surface area contributed by atoms with Gasteiger partial charge in [-0.05, 0) is 24.2 Å². The minimum absolute atomic E-state index is 0.709. The third-order valence-electron chi connectivity index (χ3n) is 5.05.